The van der Waals surface area contributed by atoms with Gasteiger partial charge in [0.05, 0.1) is 16.6 Å². The van der Waals surface area contributed by atoms with Crippen LogP contribution in [0, 0.1) is 0 Å². The molecule has 0 aliphatic rings. The number of carbonyl (C=O) groups is 1. The van der Waals surface area contributed by atoms with Crippen LogP contribution in [-0.2, 0) is 4.79 Å². The Morgan fingerprint density at radius 1 is 1.67 bits per heavy atom. The number of hydrogen-bond donors (Lipinski definition) is 1. The van der Waals surface area contributed by atoms with Gasteiger partial charge in [-0.05, 0) is 19.1 Å². The van der Waals surface area contributed by atoms with Gasteiger partial charge in [0, 0.05) is 6.20 Å². The molecular weight excluding hydrogens is 178 g/mol. The van der Waals surface area contributed by atoms with Crippen LogP contribution < -0.4 is 0 Å². The summed E-state index contributed by atoms with van der Waals surface area (Å²) in [4.78, 5) is 14.4. The van der Waals surface area contributed by atoms with Crippen LogP contribution >= 0.6 is 11.6 Å². The molecule has 1 heterocycles. The number of carboxylic acids is 1. The Bertz CT molecular complexity index is 284. The first kappa shape index (κ1) is 9.00. The van der Waals surface area contributed by atoms with Gasteiger partial charge < -0.3 is 5.11 Å². The third-order valence-corrected chi connectivity index (χ3v) is 1.79. The maximum atomic E-state index is 10.5. The van der Waals surface area contributed by atoms with E-state index in [0.29, 0.717) is 10.7 Å². The summed E-state index contributed by atoms with van der Waals surface area (Å²) in [6.45, 7) is 1.58. The number of carboxylic acid groups (broad SMARTS) is 1. The fraction of sp³-hybridized carbons (Fsp3) is 0.250. The van der Waals surface area contributed by atoms with Crippen molar-refractivity contribution in [2.24, 2.45) is 0 Å². The van der Waals surface area contributed by atoms with Crippen molar-refractivity contribution < 1.29 is 9.90 Å². The maximum absolute atomic E-state index is 10.5. The van der Waals surface area contributed by atoms with Crippen molar-refractivity contribution in [2.45, 2.75) is 12.8 Å². The number of rotatable bonds is 2. The van der Waals surface area contributed by atoms with Gasteiger partial charge in [-0.1, -0.05) is 11.6 Å². The zero-order valence-corrected chi connectivity index (χ0v) is 7.25. The quantitative estimate of drug-likeness (QED) is 0.766. The molecule has 0 aromatic carbocycles. The molecule has 0 spiro atoms. The second-order valence-electron chi connectivity index (χ2n) is 2.46. The lowest BCUT2D eigenvalue weighted by molar-refractivity contribution is -0.138. The molecule has 0 amide bonds. The van der Waals surface area contributed by atoms with Gasteiger partial charge in [-0.2, -0.15) is 0 Å². The van der Waals surface area contributed by atoms with Gasteiger partial charge in [0.1, 0.15) is 0 Å². The minimum Gasteiger partial charge on any atom is -0.481 e. The van der Waals surface area contributed by atoms with Gasteiger partial charge in [0.2, 0.25) is 0 Å². The second-order valence-corrected chi connectivity index (χ2v) is 2.90. The van der Waals surface area contributed by atoms with Crippen LogP contribution in [0.15, 0.2) is 18.3 Å². The summed E-state index contributed by atoms with van der Waals surface area (Å²) in [5.41, 5.74) is 0.520. The van der Waals surface area contributed by atoms with Crippen molar-refractivity contribution in [3.8, 4) is 0 Å². The molecule has 1 atom stereocenters. The highest BCUT2D eigenvalue weighted by Gasteiger charge is 2.14. The SMILES string of the molecule is CC(C(=O)O)c1ccc(Cl)cn1. The van der Waals surface area contributed by atoms with Gasteiger partial charge in [-0.25, -0.2) is 0 Å². The van der Waals surface area contributed by atoms with Crippen LogP contribution in [0.2, 0.25) is 5.02 Å². The maximum Gasteiger partial charge on any atom is 0.312 e. The Labute approximate surface area is 75.0 Å². The van der Waals surface area contributed by atoms with Crippen LogP contribution in [0.5, 0.6) is 0 Å². The molecule has 0 bridgehead atoms. The van der Waals surface area contributed by atoms with Crippen molar-refractivity contribution >= 4 is 17.6 Å². The highest BCUT2D eigenvalue weighted by Crippen LogP contribution is 2.14. The first-order chi connectivity index (χ1) is 5.61. The molecule has 3 nitrogen and oxygen atoms in total. The summed E-state index contributed by atoms with van der Waals surface area (Å²) in [6.07, 6.45) is 1.44. The number of halogens is 1. The Morgan fingerprint density at radius 3 is 2.75 bits per heavy atom. The molecule has 1 aromatic rings. The zero-order chi connectivity index (χ0) is 9.14. The summed E-state index contributed by atoms with van der Waals surface area (Å²) in [5.74, 6) is -1.47. The largest absolute Gasteiger partial charge is 0.481 e. The van der Waals surface area contributed by atoms with Crippen molar-refractivity contribution in [3.05, 3.63) is 29.0 Å². The van der Waals surface area contributed by atoms with Crippen LogP contribution in [0.25, 0.3) is 0 Å². The van der Waals surface area contributed by atoms with E-state index in [0.717, 1.165) is 0 Å². The molecular formula is C8H8ClNO2. The van der Waals surface area contributed by atoms with Crippen molar-refractivity contribution in [2.75, 3.05) is 0 Å². The Hall–Kier alpha value is -1.09. The highest BCUT2D eigenvalue weighted by molar-refractivity contribution is 6.30. The predicted molar refractivity (Wildman–Crippen MR) is 45.3 cm³/mol. The lowest BCUT2D eigenvalue weighted by Crippen LogP contribution is -2.08. The Morgan fingerprint density at radius 2 is 2.33 bits per heavy atom. The van der Waals surface area contributed by atoms with E-state index in [1.54, 1.807) is 19.1 Å². The number of hydrogen-bond acceptors (Lipinski definition) is 2. The van der Waals surface area contributed by atoms with Crippen LogP contribution in [0.3, 0.4) is 0 Å². The van der Waals surface area contributed by atoms with Gasteiger partial charge in [0.25, 0.3) is 0 Å². The molecule has 1 unspecified atom stereocenters. The number of aliphatic carboxylic acids is 1. The van der Waals surface area contributed by atoms with Crippen LogP contribution in [0.1, 0.15) is 18.5 Å². The summed E-state index contributed by atoms with van der Waals surface area (Å²) in [7, 11) is 0. The summed E-state index contributed by atoms with van der Waals surface area (Å²) in [6, 6.07) is 3.24. The molecule has 1 N–H and O–H groups in total. The molecule has 0 saturated heterocycles. The second kappa shape index (κ2) is 3.54. The lowest BCUT2D eigenvalue weighted by Gasteiger charge is -2.03. The van der Waals surface area contributed by atoms with E-state index in [1.807, 2.05) is 0 Å². The van der Waals surface area contributed by atoms with E-state index < -0.39 is 11.9 Å². The molecule has 64 valence electrons. The highest BCUT2D eigenvalue weighted by atomic mass is 35.5. The van der Waals surface area contributed by atoms with Gasteiger partial charge >= 0.3 is 5.97 Å². The number of nitrogens with zero attached hydrogens (tertiary/aromatic N) is 1. The Balaban J connectivity index is 2.89. The van der Waals surface area contributed by atoms with Gasteiger partial charge in [0.15, 0.2) is 0 Å². The third-order valence-electron chi connectivity index (χ3n) is 1.56. The summed E-state index contributed by atoms with van der Waals surface area (Å²) in [5, 5.41) is 9.14. The van der Waals surface area contributed by atoms with Crippen LogP contribution in [-0.4, -0.2) is 16.1 Å². The van der Waals surface area contributed by atoms with Crippen molar-refractivity contribution in [1.82, 2.24) is 4.98 Å². The Kier molecular flexibility index (Phi) is 2.65. The third kappa shape index (κ3) is 1.95. The first-order valence-electron chi connectivity index (χ1n) is 3.45. The summed E-state index contributed by atoms with van der Waals surface area (Å²) < 4.78 is 0. The first-order valence-corrected chi connectivity index (χ1v) is 3.83. The zero-order valence-electron chi connectivity index (χ0n) is 6.49. The van der Waals surface area contributed by atoms with E-state index in [2.05, 4.69) is 4.98 Å². The standard InChI is InChI=1S/C8H8ClNO2/c1-5(8(11)12)7-3-2-6(9)4-10-7/h2-5H,1H3,(H,11,12). The normalized spacial score (nSPS) is 12.5. The molecule has 4 heteroatoms. The fourth-order valence-corrected chi connectivity index (χ4v) is 0.882. The fourth-order valence-electron chi connectivity index (χ4n) is 0.770. The molecule has 0 saturated carbocycles. The lowest BCUT2D eigenvalue weighted by atomic mass is 10.1. The number of pyridine rings is 1. The smallest absolute Gasteiger partial charge is 0.312 e. The minimum absolute atomic E-state index is 0.510. The number of aromatic nitrogens is 1. The molecule has 0 aliphatic heterocycles. The van der Waals surface area contributed by atoms with Crippen molar-refractivity contribution in [3.63, 3.8) is 0 Å². The van der Waals surface area contributed by atoms with E-state index in [1.165, 1.54) is 6.20 Å². The molecule has 1 aromatic heterocycles. The monoisotopic (exact) mass is 185 g/mol. The average Bonchev–Trinajstić information content (AvgIpc) is 2.04. The molecule has 0 aliphatic carbocycles. The molecule has 0 radical (unpaired) electrons. The average molecular weight is 186 g/mol. The van der Waals surface area contributed by atoms with Crippen molar-refractivity contribution in [1.29, 1.82) is 0 Å². The van der Waals surface area contributed by atoms with E-state index >= 15 is 0 Å². The minimum atomic E-state index is -0.884. The van der Waals surface area contributed by atoms with Crippen LogP contribution in [0.4, 0.5) is 0 Å². The van der Waals surface area contributed by atoms with E-state index in [9.17, 15) is 4.79 Å². The van der Waals surface area contributed by atoms with E-state index in [4.69, 9.17) is 16.7 Å². The summed E-state index contributed by atoms with van der Waals surface area (Å²) >= 11 is 5.59. The predicted octanol–water partition coefficient (Wildman–Crippen LogP) is 1.92. The topological polar surface area (TPSA) is 50.2 Å². The molecule has 1 rings (SSSR count). The molecule has 12 heavy (non-hydrogen) atoms. The molecule has 0 fully saturated rings. The van der Waals surface area contributed by atoms with E-state index in [-0.39, 0.29) is 0 Å². The van der Waals surface area contributed by atoms with Gasteiger partial charge in [-0.15, -0.1) is 0 Å². The van der Waals surface area contributed by atoms with Gasteiger partial charge in [-0.3, -0.25) is 9.78 Å².